The molecule has 216 valence electrons. The molecule has 1 saturated carbocycles. The molecule has 3 atom stereocenters. The molecule has 4 amide bonds. The summed E-state index contributed by atoms with van der Waals surface area (Å²) >= 11 is 0. The zero-order valence-electron chi connectivity index (χ0n) is 24.3. The summed E-state index contributed by atoms with van der Waals surface area (Å²) in [6.45, 7) is 12.3. The van der Waals surface area contributed by atoms with Gasteiger partial charge in [-0.2, -0.15) is 0 Å². The van der Waals surface area contributed by atoms with Crippen molar-refractivity contribution in [3.05, 3.63) is 0 Å². The maximum Gasteiger partial charge on any atom is 0.289 e. The minimum absolute atomic E-state index is 0.0130. The van der Waals surface area contributed by atoms with E-state index in [0.29, 0.717) is 0 Å². The normalized spacial score (nSPS) is 20.2. The third-order valence-electron chi connectivity index (χ3n) is 7.67. The van der Waals surface area contributed by atoms with E-state index in [1.165, 1.54) is 6.92 Å². The molecule has 0 bridgehead atoms. The molecule has 10 heteroatoms. The van der Waals surface area contributed by atoms with Crippen molar-refractivity contribution in [2.24, 2.45) is 17.3 Å². The van der Waals surface area contributed by atoms with Gasteiger partial charge in [-0.25, -0.2) is 0 Å². The van der Waals surface area contributed by atoms with Gasteiger partial charge in [0.2, 0.25) is 23.5 Å². The van der Waals surface area contributed by atoms with Crippen LogP contribution in [0, 0.1) is 17.3 Å². The molecule has 0 aromatic rings. The highest BCUT2D eigenvalue weighted by Crippen LogP contribution is 2.22. The zero-order chi connectivity index (χ0) is 28.6. The standard InChI is InChI=1S/C28H49N5O5/c1-17(2)21(22(34)26(37)30-20-11-9-8-10-12-20)31-24(35)18(3)29-27(38)23(28(4,5)6)32-25(36)19-13-15-33(7)16-14-19/h17-21,23H,8-16H2,1-7H3,(H,29,38)(H,30,37)(H,31,35)(H,32,36). The molecule has 1 aliphatic carbocycles. The van der Waals surface area contributed by atoms with Crippen molar-refractivity contribution >= 4 is 29.4 Å². The van der Waals surface area contributed by atoms with E-state index in [0.717, 1.165) is 58.0 Å². The predicted octanol–water partition coefficient (Wildman–Crippen LogP) is 1.52. The lowest BCUT2D eigenvalue weighted by molar-refractivity contribution is -0.141. The second-order valence-electron chi connectivity index (χ2n) is 12.5. The van der Waals surface area contributed by atoms with Gasteiger partial charge < -0.3 is 26.2 Å². The largest absolute Gasteiger partial charge is 0.347 e. The quantitative estimate of drug-likeness (QED) is 0.313. The number of Topliss-reactive ketones (excluding diaryl/α,β-unsaturated/α-hetero) is 1. The van der Waals surface area contributed by atoms with Gasteiger partial charge in [-0.05, 0) is 64.1 Å². The summed E-state index contributed by atoms with van der Waals surface area (Å²) in [7, 11) is 2.02. The first kappa shape index (κ1) is 31.7. The lowest BCUT2D eigenvalue weighted by atomic mass is 9.85. The van der Waals surface area contributed by atoms with Gasteiger partial charge in [-0.15, -0.1) is 0 Å². The first-order valence-electron chi connectivity index (χ1n) is 14.1. The van der Waals surface area contributed by atoms with Gasteiger partial charge in [0.15, 0.2) is 0 Å². The molecular weight excluding hydrogens is 486 g/mol. The number of hydrogen-bond donors (Lipinski definition) is 4. The average molecular weight is 536 g/mol. The molecular formula is C28H49N5O5. The fourth-order valence-electron chi connectivity index (χ4n) is 5.03. The number of rotatable bonds is 10. The first-order chi connectivity index (χ1) is 17.7. The Labute approximate surface area is 227 Å². The van der Waals surface area contributed by atoms with Crippen LogP contribution in [0.25, 0.3) is 0 Å². The van der Waals surface area contributed by atoms with E-state index in [-0.39, 0.29) is 23.8 Å². The van der Waals surface area contributed by atoms with Crippen LogP contribution in [0.3, 0.4) is 0 Å². The molecule has 2 rings (SSSR count). The second-order valence-corrected chi connectivity index (χ2v) is 12.5. The first-order valence-corrected chi connectivity index (χ1v) is 14.1. The summed E-state index contributed by atoms with van der Waals surface area (Å²) < 4.78 is 0. The lowest BCUT2D eigenvalue weighted by Crippen LogP contribution is -2.60. The molecule has 3 unspecified atom stereocenters. The van der Waals surface area contributed by atoms with Crippen molar-refractivity contribution in [1.29, 1.82) is 0 Å². The molecule has 0 aromatic heterocycles. The van der Waals surface area contributed by atoms with E-state index in [9.17, 15) is 24.0 Å². The Kier molecular flexibility index (Phi) is 11.7. The van der Waals surface area contributed by atoms with Crippen molar-refractivity contribution < 1.29 is 24.0 Å². The smallest absolute Gasteiger partial charge is 0.289 e. The fraction of sp³-hybridized carbons (Fsp3) is 0.821. The lowest BCUT2D eigenvalue weighted by Gasteiger charge is -2.34. The Bertz CT molecular complexity index is 854. The number of nitrogens with one attached hydrogen (secondary N) is 4. The maximum absolute atomic E-state index is 13.2. The van der Waals surface area contributed by atoms with Crippen molar-refractivity contribution in [3.63, 3.8) is 0 Å². The zero-order valence-corrected chi connectivity index (χ0v) is 24.3. The Morgan fingerprint density at radius 3 is 1.89 bits per heavy atom. The Morgan fingerprint density at radius 2 is 1.37 bits per heavy atom. The fourth-order valence-corrected chi connectivity index (χ4v) is 5.03. The minimum atomic E-state index is -1.01. The van der Waals surface area contributed by atoms with E-state index in [2.05, 4.69) is 26.2 Å². The third kappa shape index (κ3) is 9.36. The van der Waals surface area contributed by atoms with Gasteiger partial charge in [-0.3, -0.25) is 24.0 Å². The molecule has 2 fully saturated rings. The topological polar surface area (TPSA) is 137 Å². The van der Waals surface area contributed by atoms with Gasteiger partial charge >= 0.3 is 0 Å². The van der Waals surface area contributed by atoms with Gasteiger partial charge in [0.1, 0.15) is 12.1 Å². The number of nitrogens with zero attached hydrogens (tertiary/aromatic N) is 1. The van der Waals surface area contributed by atoms with E-state index in [4.69, 9.17) is 0 Å². The number of piperidine rings is 1. The second kappa shape index (κ2) is 14.1. The van der Waals surface area contributed by atoms with Gasteiger partial charge in [0.25, 0.3) is 5.91 Å². The molecule has 4 N–H and O–H groups in total. The molecule has 0 radical (unpaired) electrons. The van der Waals surface area contributed by atoms with Crippen molar-refractivity contribution in [2.75, 3.05) is 20.1 Å². The summed E-state index contributed by atoms with van der Waals surface area (Å²) in [6, 6.07) is -2.83. The van der Waals surface area contributed by atoms with Crippen LogP contribution in [-0.4, -0.2) is 78.6 Å². The van der Waals surface area contributed by atoms with Crippen LogP contribution in [0.1, 0.15) is 86.5 Å². The Balaban J connectivity index is 1.98. The molecule has 10 nitrogen and oxygen atoms in total. The van der Waals surface area contributed by atoms with Crippen molar-refractivity contribution in [3.8, 4) is 0 Å². The molecule has 2 aliphatic rings. The third-order valence-corrected chi connectivity index (χ3v) is 7.67. The molecule has 0 spiro atoms. The number of amides is 4. The number of carbonyl (C=O) groups is 5. The van der Waals surface area contributed by atoms with Crippen LogP contribution < -0.4 is 21.3 Å². The Morgan fingerprint density at radius 1 is 0.789 bits per heavy atom. The molecule has 38 heavy (non-hydrogen) atoms. The van der Waals surface area contributed by atoms with Crippen molar-refractivity contribution in [1.82, 2.24) is 26.2 Å². The van der Waals surface area contributed by atoms with Crippen LogP contribution in [0.4, 0.5) is 0 Å². The number of carbonyl (C=O) groups excluding carboxylic acids is 5. The molecule has 1 aliphatic heterocycles. The maximum atomic E-state index is 13.2. The van der Waals surface area contributed by atoms with Gasteiger partial charge in [-0.1, -0.05) is 53.9 Å². The van der Waals surface area contributed by atoms with Crippen LogP contribution in [0.15, 0.2) is 0 Å². The summed E-state index contributed by atoms with van der Waals surface area (Å²) in [4.78, 5) is 66.8. The minimum Gasteiger partial charge on any atom is -0.347 e. The van der Waals surface area contributed by atoms with Crippen LogP contribution in [0.5, 0.6) is 0 Å². The van der Waals surface area contributed by atoms with Crippen molar-refractivity contribution in [2.45, 2.75) is 111 Å². The average Bonchev–Trinajstić information content (AvgIpc) is 2.85. The summed E-state index contributed by atoms with van der Waals surface area (Å²) in [6.07, 6.45) is 6.35. The van der Waals surface area contributed by atoms with Crippen LogP contribution >= 0.6 is 0 Å². The monoisotopic (exact) mass is 535 g/mol. The number of likely N-dealkylation sites (tertiary alicyclic amines) is 1. The molecule has 1 saturated heterocycles. The van der Waals surface area contributed by atoms with Crippen LogP contribution in [0.2, 0.25) is 0 Å². The number of ketones is 1. The molecule has 1 heterocycles. The van der Waals surface area contributed by atoms with E-state index < -0.39 is 47.0 Å². The summed E-state index contributed by atoms with van der Waals surface area (Å²) in [5, 5.41) is 11.1. The van der Waals surface area contributed by atoms with Gasteiger partial charge in [0.05, 0.1) is 6.04 Å². The van der Waals surface area contributed by atoms with E-state index in [1.54, 1.807) is 13.8 Å². The SMILES string of the molecule is CC(NC(=O)C(NC(=O)C1CCN(C)CC1)C(C)(C)C)C(=O)NC(C(=O)C(=O)NC1CCCCC1)C(C)C. The summed E-state index contributed by atoms with van der Waals surface area (Å²) in [5.41, 5.74) is -0.588. The number of hydrogen-bond acceptors (Lipinski definition) is 6. The highest BCUT2D eigenvalue weighted by molar-refractivity contribution is 6.38. The highest BCUT2D eigenvalue weighted by Gasteiger charge is 2.37. The van der Waals surface area contributed by atoms with E-state index >= 15 is 0 Å². The van der Waals surface area contributed by atoms with Gasteiger partial charge in [0, 0.05) is 12.0 Å². The predicted molar refractivity (Wildman–Crippen MR) is 146 cm³/mol. The van der Waals surface area contributed by atoms with Crippen LogP contribution in [-0.2, 0) is 24.0 Å². The molecule has 0 aromatic carbocycles. The summed E-state index contributed by atoms with van der Waals surface area (Å²) in [5.74, 6) is -3.02. The highest BCUT2D eigenvalue weighted by atomic mass is 16.2. The Hall–Kier alpha value is -2.49. The van der Waals surface area contributed by atoms with E-state index in [1.807, 2.05) is 27.8 Å².